The summed E-state index contributed by atoms with van der Waals surface area (Å²) in [5.74, 6) is -3.35. The predicted molar refractivity (Wildman–Crippen MR) is 101 cm³/mol. The van der Waals surface area contributed by atoms with Crippen LogP contribution in [-0.4, -0.2) is 16.8 Å². The summed E-state index contributed by atoms with van der Waals surface area (Å²) in [5.41, 5.74) is -0.425. The molecule has 0 saturated heterocycles. The molecule has 0 spiro atoms. The van der Waals surface area contributed by atoms with Crippen LogP contribution in [0.1, 0.15) is 0 Å². The van der Waals surface area contributed by atoms with E-state index >= 15 is 0 Å². The van der Waals surface area contributed by atoms with Crippen molar-refractivity contribution in [3.05, 3.63) is 84.2 Å². The van der Waals surface area contributed by atoms with Gasteiger partial charge in [0.15, 0.2) is 11.6 Å². The fourth-order valence-electron chi connectivity index (χ4n) is 2.33. The molecule has 3 rings (SSSR count). The molecule has 0 saturated carbocycles. The Morgan fingerprint density at radius 2 is 1.24 bits per heavy atom. The molecule has 0 aliphatic rings. The van der Waals surface area contributed by atoms with Crippen LogP contribution in [0.2, 0.25) is 0 Å². The van der Waals surface area contributed by atoms with Gasteiger partial charge in [-0.05, 0) is 48.5 Å². The van der Waals surface area contributed by atoms with E-state index in [1.807, 2.05) is 0 Å². The minimum absolute atomic E-state index is 0.147. The normalized spacial score (nSPS) is 11.8. The maximum absolute atomic E-state index is 13.7. The van der Waals surface area contributed by atoms with Gasteiger partial charge in [0.1, 0.15) is 5.82 Å². The average molecular weight is 442 g/mol. The number of benzene rings is 3. The zero-order valence-corrected chi connectivity index (χ0v) is 16.1. The standard InChI is InChI=1S/C18H13F3N2O4S2/c19-15-9-8-14(11-17(15)21)28(24,25)22-12-4-3-5-13(10-12)29(26,27)23-18-7-2-1-6-16(18)20/h1-11,22-23H. The predicted octanol–water partition coefficient (Wildman–Crippen LogP) is 3.71. The van der Waals surface area contributed by atoms with Crippen molar-refractivity contribution in [3.63, 3.8) is 0 Å². The second kappa shape index (κ2) is 7.76. The highest BCUT2D eigenvalue weighted by molar-refractivity contribution is 7.93. The lowest BCUT2D eigenvalue weighted by Gasteiger charge is -2.12. The summed E-state index contributed by atoms with van der Waals surface area (Å²) in [6.45, 7) is 0. The number of hydrogen-bond acceptors (Lipinski definition) is 4. The summed E-state index contributed by atoms with van der Waals surface area (Å²) in [6, 6.07) is 11.8. The Bertz CT molecular complexity index is 1280. The van der Waals surface area contributed by atoms with Crippen LogP contribution >= 0.6 is 0 Å². The summed E-state index contributed by atoms with van der Waals surface area (Å²) < 4.78 is 93.8. The Hall–Kier alpha value is -3.05. The van der Waals surface area contributed by atoms with Gasteiger partial charge in [-0.2, -0.15) is 0 Å². The number of nitrogens with one attached hydrogen (secondary N) is 2. The van der Waals surface area contributed by atoms with E-state index in [-0.39, 0.29) is 16.3 Å². The van der Waals surface area contributed by atoms with Crippen LogP contribution in [0.25, 0.3) is 0 Å². The zero-order valence-electron chi connectivity index (χ0n) is 14.4. The van der Waals surface area contributed by atoms with Gasteiger partial charge in [0, 0.05) is 0 Å². The monoisotopic (exact) mass is 442 g/mol. The minimum atomic E-state index is -4.31. The van der Waals surface area contributed by atoms with E-state index in [1.165, 1.54) is 36.4 Å². The lowest BCUT2D eigenvalue weighted by molar-refractivity contribution is 0.504. The molecule has 3 aromatic rings. The first kappa shape index (κ1) is 20.7. The smallest absolute Gasteiger partial charge is 0.262 e. The maximum atomic E-state index is 13.7. The second-order valence-electron chi connectivity index (χ2n) is 5.79. The highest BCUT2D eigenvalue weighted by Crippen LogP contribution is 2.23. The molecule has 0 aromatic heterocycles. The molecule has 29 heavy (non-hydrogen) atoms. The summed E-state index contributed by atoms with van der Waals surface area (Å²) in [7, 11) is -8.54. The largest absolute Gasteiger partial charge is 0.280 e. The molecule has 0 atom stereocenters. The Morgan fingerprint density at radius 1 is 0.586 bits per heavy atom. The van der Waals surface area contributed by atoms with Crippen molar-refractivity contribution in [1.29, 1.82) is 0 Å². The second-order valence-corrected chi connectivity index (χ2v) is 9.16. The molecular formula is C18H13F3N2O4S2. The summed E-state index contributed by atoms with van der Waals surface area (Å²) in [5, 5.41) is 0. The highest BCUT2D eigenvalue weighted by Gasteiger charge is 2.20. The van der Waals surface area contributed by atoms with Crippen LogP contribution in [0.15, 0.2) is 76.5 Å². The molecule has 0 bridgehead atoms. The topological polar surface area (TPSA) is 92.3 Å². The van der Waals surface area contributed by atoms with E-state index in [1.54, 1.807) is 0 Å². The van der Waals surface area contributed by atoms with Crippen LogP contribution in [0, 0.1) is 17.5 Å². The van der Waals surface area contributed by atoms with Crippen molar-refractivity contribution in [3.8, 4) is 0 Å². The quantitative estimate of drug-likeness (QED) is 0.609. The first-order valence-electron chi connectivity index (χ1n) is 7.94. The summed E-state index contributed by atoms with van der Waals surface area (Å²) >= 11 is 0. The lowest BCUT2D eigenvalue weighted by Crippen LogP contribution is -2.16. The SMILES string of the molecule is O=S(=O)(Nc1cccc(S(=O)(=O)Nc2ccccc2F)c1)c1ccc(F)c(F)c1. The van der Waals surface area contributed by atoms with Gasteiger partial charge >= 0.3 is 0 Å². The van der Waals surface area contributed by atoms with Gasteiger partial charge in [-0.3, -0.25) is 9.44 Å². The molecule has 0 aliphatic heterocycles. The fraction of sp³-hybridized carbons (Fsp3) is 0. The van der Waals surface area contributed by atoms with Crippen molar-refractivity contribution in [2.24, 2.45) is 0 Å². The highest BCUT2D eigenvalue weighted by atomic mass is 32.2. The van der Waals surface area contributed by atoms with E-state index in [4.69, 9.17) is 0 Å². The van der Waals surface area contributed by atoms with E-state index in [0.29, 0.717) is 12.1 Å². The zero-order chi connectivity index (χ0) is 21.2. The number of anilines is 2. The Balaban J connectivity index is 1.89. The fourth-order valence-corrected chi connectivity index (χ4v) is 4.51. The number of halogens is 3. The molecule has 0 fully saturated rings. The molecule has 2 N–H and O–H groups in total. The van der Waals surface area contributed by atoms with Crippen LogP contribution in [0.4, 0.5) is 24.5 Å². The van der Waals surface area contributed by atoms with Crippen molar-refractivity contribution >= 4 is 31.4 Å². The molecule has 0 amide bonds. The van der Waals surface area contributed by atoms with Crippen molar-refractivity contribution < 1.29 is 30.0 Å². The summed E-state index contributed by atoms with van der Waals surface area (Å²) in [6.07, 6.45) is 0. The van der Waals surface area contributed by atoms with E-state index in [0.717, 1.165) is 18.2 Å². The molecule has 0 radical (unpaired) electrons. The first-order chi connectivity index (χ1) is 13.6. The van der Waals surface area contributed by atoms with E-state index in [9.17, 15) is 30.0 Å². The van der Waals surface area contributed by atoms with Crippen LogP contribution in [0.3, 0.4) is 0 Å². The van der Waals surface area contributed by atoms with Gasteiger partial charge in [0.2, 0.25) is 0 Å². The van der Waals surface area contributed by atoms with Gasteiger partial charge in [0.05, 0.1) is 21.2 Å². The minimum Gasteiger partial charge on any atom is -0.280 e. The third-order valence-electron chi connectivity index (χ3n) is 3.72. The van der Waals surface area contributed by atoms with Gasteiger partial charge in [-0.25, -0.2) is 30.0 Å². The maximum Gasteiger partial charge on any atom is 0.262 e. The van der Waals surface area contributed by atoms with Gasteiger partial charge < -0.3 is 0 Å². The first-order valence-corrected chi connectivity index (χ1v) is 10.9. The van der Waals surface area contributed by atoms with E-state index < -0.39 is 42.4 Å². The summed E-state index contributed by atoms with van der Waals surface area (Å²) in [4.78, 5) is -0.889. The number of hydrogen-bond donors (Lipinski definition) is 2. The van der Waals surface area contributed by atoms with Crippen molar-refractivity contribution in [2.45, 2.75) is 9.79 Å². The molecule has 0 heterocycles. The molecule has 6 nitrogen and oxygen atoms in total. The third kappa shape index (κ3) is 4.69. The third-order valence-corrected chi connectivity index (χ3v) is 6.46. The molecular weight excluding hydrogens is 429 g/mol. The molecule has 3 aromatic carbocycles. The number of rotatable bonds is 6. The van der Waals surface area contributed by atoms with Gasteiger partial charge in [-0.1, -0.05) is 18.2 Å². The molecule has 0 aliphatic carbocycles. The Labute approximate surface area is 165 Å². The van der Waals surface area contributed by atoms with Gasteiger partial charge in [-0.15, -0.1) is 0 Å². The van der Waals surface area contributed by atoms with Crippen LogP contribution < -0.4 is 9.44 Å². The number of para-hydroxylation sites is 1. The number of sulfonamides is 2. The Kier molecular flexibility index (Phi) is 5.53. The van der Waals surface area contributed by atoms with Crippen LogP contribution in [0.5, 0.6) is 0 Å². The molecule has 152 valence electrons. The lowest BCUT2D eigenvalue weighted by atomic mass is 10.3. The van der Waals surface area contributed by atoms with E-state index in [2.05, 4.69) is 9.44 Å². The Morgan fingerprint density at radius 3 is 1.93 bits per heavy atom. The van der Waals surface area contributed by atoms with Crippen molar-refractivity contribution in [1.82, 2.24) is 0 Å². The van der Waals surface area contributed by atoms with Crippen LogP contribution in [-0.2, 0) is 20.0 Å². The average Bonchev–Trinajstić information content (AvgIpc) is 2.65. The molecule has 0 unspecified atom stereocenters. The van der Waals surface area contributed by atoms with Crippen molar-refractivity contribution in [2.75, 3.05) is 9.44 Å². The van der Waals surface area contributed by atoms with Gasteiger partial charge in [0.25, 0.3) is 20.0 Å². The molecule has 11 heteroatoms.